The van der Waals surface area contributed by atoms with Crippen LogP contribution in [0.3, 0.4) is 0 Å². The van der Waals surface area contributed by atoms with E-state index in [1.165, 1.54) is 17.5 Å². The number of hydrogen-bond donors (Lipinski definition) is 1. The smallest absolute Gasteiger partial charge is 0.261 e. The zero-order valence-corrected chi connectivity index (χ0v) is 16.9. The molecule has 0 fully saturated rings. The van der Waals surface area contributed by atoms with Crippen molar-refractivity contribution in [3.63, 3.8) is 0 Å². The summed E-state index contributed by atoms with van der Waals surface area (Å²) in [6, 6.07) is 13.2. The number of amides is 1. The molecule has 1 aliphatic carbocycles. The highest BCUT2D eigenvalue weighted by Crippen LogP contribution is 2.30. The topological polar surface area (TPSA) is 77.2 Å². The average molecular weight is 412 g/mol. The number of benzene rings is 2. The molecule has 1 amide bonds. The fourth-order valence-electron chi connectivity index (χ4n) is 3.48. The Morgan fingerprint density at radius 3 is 2.93 bits per heavy atom. The number of ether oxygens (including phenoxy) is 1. The summed E-state index contributed by atoms with van der Waals surface area (Å²) in [4.78, 5) is 16.8. The molecule has 29 heavy (non-hydrogen) atoms. The van der Waals surface area contributed by atoms with E-state index in [0.29, 0.717) is 16.7 Å². The summed E-state index contributed by atoms with van der Waals surface area (Å²) in [5.41, 5.74) is 3.30. The highest BCUT2D eigenvalue weighted by atomic mass is 35.5. The first-order chi connectivity index (χ1) is 14.1. The minimum absolute atomic E-state index is 0.132. The monoisotopic (exact) mass is 411 g/mol. The van der Waals surface area contributed by atoms with Crippen molar-refractivity contribution in [1.82, 2.24) is 15.5 Å². The van der Waals surface area contributed by atoms with Crippen LogP contribution >= 0.6 is 11.6 Å². The van der Waals surface area contributed by atoms with Crippen molar-refractivity contribution in [1.29, 1.82) is 0 Å². The molecule has 0 aliphatic heterocycles. The lowest BCUT2D eigenvalue weighted by molar-refractivity contribution is -0.127. The first-order valence-corrected chi connectivity index (χ1v) is 10.1. The number of halogens is 1. The van der Waals surface area contributed by atoms with E-state index in [-0.39, 0.29) is 12.5 Å². The van der Waals surface area contributed by atoms with Crippen molar-refractivity contribution in [3.8, 4) is 17.1 Å². The van der Waals surface area contributed by atoms with Crippen molar-refractivity contribution in [2.24, 2.45) is 0 Å². The molecule has 0 radical (unpaired) electrons. The zero-order chi connectivity index (χ0) is 20.2. The van der Waals surface area contributed by atoms with Crippen LogP contribution in [0.2, 0.25) is 5.02 Å². The SMILES string of the molecule is CC(Oc1cccc2c1CCCC2)C(=O)NCc1nc(-c2cccc(Cl)c2)no1. The van der Waals surface area contributed by atoms with Gasteiger partial charge in [0.1, 0.15) is 5.75 Å². The highest BCUT2D eigenvalue weighted by Gasteiger charge is 2.20. The van der Waals surface area contributed by atoms with Gasteiger partial charge in [0, 0.05) is 10.6 Å². The Bertz CT molecular complexity index is 1020. The zero-order valence-electron chi connectivity index (χ0n) is 16.2. The van der Waals surface area contributed by atoms with Gasteiger partial charge in [-0.3, -0.25) is 4.79 Å². The van der Waals surface area contributed by atoms with Gasteiger partial charge in [0.2, 0.25) is 11.7 Å². The second-order valence-corrected chi connectivity index (χ2v) is 7.54. The first-order valence-electron chi connectivity index (χ1n) is 9.74. The molecule has 150 valence electrons. The van der Waals surface area contributed by atoms with E-state index >= 15 is 0 Å². The van der Waals surface area contributed by atoms with E-state index in [2.05, 4.69) is 21.5 Å². The predicted molar refractivity (Wildman–Crippen MR) is 110 cm³/mol. The fraction of sp³-hybridized carbons (Fsp3) is 0.318. The van der Waals surface area contributed by atoms with Gasteiger partial charge in [0.05, 0.1) is 6.54 Å². The van der Waals surface area contributed by atoms with Gasteiger partial charge in [-0.25, -0.2) is 0 Å². The quantitative estimate of drug-likeness (QED) is 0.652. The number of nitrogens with one attached hydrogen (secondary N) is 1. The van der Waals surface area contributed by atoms with E-state index in [1.807, 2.05) is 24.3 Å². The van der Waals surface area contributed by atoms with Crippen molar-refractivity contribution in [3.05, 3.63) is 64.5 Å². The summed E-state index contributed by atoms with van der Waals surface area (Å²) in [5.74, 6) is 1.31. The number of fused-ring (bicyclic) bond motifs is 1. The Kier molecular flexibility index (Phi) is 5.81. The summed E-state index contributed by atoms with van der Waals surface area (Å²) in [6.45, 7) is 1.87. The van der Waals surface area contributed by atoms with Crippen LogP contribution in [-0.2, 0) is 24.2 Å². The third-order valence-corrected chi connectivity index (χ3v) is 5.23. The minimum Gasteiger partial charge on any atom is -0.481 e. The molecule has 1 heterocycles. The van der Waals surface area contributed by atoms with Crippen LogP contribution in [0.4, 0.5) is 0 Å². The molecule has 1 atom stereocenters. The minimum atomic E-state index is -0.626. The van der Waals surface area contributed by atoms with Gasteiger partial charge in [-0.1, -0.05) is 41.0 Å². The summed E-state index contributed by atoms with van der Waals surface area (Å²) >= 11 is 5.99. The molecule has 7 heteroatoms. The van der Waals surface area contributed by atoms with Crippen LogP contribution < -0.4 is 10.1 Å². The van der Waals surface area contributed by atoms with E-state index < -0.39 is 6.10 Å². The normalized spacial score (nSPS) is 14.1. The number of aromatic nitrogens is 2. The van der Waals surface area contributed by atoms with Crippen molar-refractivity contribution < 1.29 is 14.1 Å². The maximum atomic E-state index is 12.5. The molecule has 1 unspecified atom stereocenters. The Hall–Kier alpha value is -2.86. The predicted octanol–water partition coefficient (Wildman–Crippen LogP) is 4.35. The molecule has 0 saturated carbocycles. The van der Waals surface area contributed by atoms with Gasteiger partial charge in [-0.15, -0.1) is 0 Å². The molecule has 4 rings (SSSR count). The second-order valence-electron chi connectivity index (χ2n) is 7.10. The fourth-order valence-corrected chi connectivity index (χ4v) is 3.67. The molecule has 3 aromatic rings. The molecule has 1 aromatic heterocycles. The van der Waals surface area contributed by atoms with Crippen LogP contribution in [0.15, 0.2) is 47.0 Å². The van der Waals surface area contributed by atoms with E-state index in [4.69, 9.17) is 20.9 Å². The number of nitrogens with zero attached hydrogens (tertiary/aromatic N) is 2. The van der Waals surface area contributed by atoms with Gasteiger partial charge < -0.3 is 14.6 Å². The molecular weight excluding hydrogens is 390 g/mol. The van der Waals surface area contributed by atoms with Gasteiger partial charge in [0.15, 0.2) is 6.10 Å². The van der Waals surface area contributed by atoms with E-state index in [1.54, 1.807) is 19.1 Å². The van der Waals surface area contributed by atoms with E-state index in [0.717, 1.165) is 30.6 Å². The number of aryl methyl sites for hydroxylation is 1. The van der Waals surface area contributed by atoms with Crippen molar-refractivity contribution in [2.45, 2.75) is 45.3 Å². The molecule has 6 nitrogen and oxygen atoms in total. The van der Waals surface area contributed by atoms with Crippen LogP contribution in [0.25, 0.3) is 11.4 Å². The Balaban J connectivity index is 1.35. The molecule has 1 N–H and O–H groups in total. The van der Waals surface area contributed by atoms with Crippen LogP contribution in [0.1, 0.15) is 36.8 Å². The van der Waals surface area contributed by atoms with E-state index in [9.17, 15) is 4.79 Å². The van der Waals surface area contributed by atoms with Gasteiger partial charge in [0.25, 0.3) is 5.91 Å². The number of rotatable bonds is 6. The maximum absolute atomic E-state index is 12.5. The third kappa shape index (κ3) is 4.59. The Morgan fingerprint density at radius 1 is 1.24 bits per heavy atom. The molecule has 1 aliphatic rings. The number of carbonyl (C=O) groups is 1. The standard InChI is InChI=1S/C22H22ClN3O3/c1-14(28-19-11-5-7-15-6-2-3-10-18(15)19)22(27)24-13-20-25-21(26-29-20)16-8-4-9-17(23)12-16/h4-5,7-9,11-12,14H,2-3,6,10,13H2,1H3,(H,24,27). The van der Waals surface area contributed by atoms with Crippen molar-refractivity contribution in [2.75, 3.05) is 0 Å². The largest absolute Gasteiger partial charge is 0.481 e. The molecule has 0 spiro atoms. The number of carbonyl (C=O) groups excluding carboxylic acids is 1. The van der Waals surface area contributed by atoms with Crippen LogP contribution in [0, 0.1) is 0 Å². The lowest BCUT2D eigenvalue weighted by Crippen LogP contribution is -2.36. The van der Waals surface area contributed by atoms with Gasteiger partial charge in [-0.05, 0) is 61.9 Å². The molecule has 0 bridgehead atoms. The van der Waals surface area contributed by atoms with Gasteiger partial charge >= 0.3 is 0 Å². The Labute approximate surface area is 174 Å². The number of hydrogen-bond acceptors (Lipinski definition) is 5. The molecule has 2 aromatic carbocycles. The van der Waals surface area contributed by atoms with Crippen LogP contribution in [-0.4, -0.2) is 22.2 Å². The third-order valence-electron chi connectivity index (χ3n) is 4.99. The summed E-state index contributed by atoms with van der Waals surface area (Å²) < 4.78 is 11.2. The highest BCUT2D eigenvalue weighted by molar-refractivity contribution is 6.30. The summed E-state index contributed by atoms with van der Waals surface area (Å²) in [6.07, 6.45) is 3.79. The summed E-state index contributed by atoms with van der Waals surface area (Å²) in [7, 11) is 0. The molecular formula is C22H22ClN3O3. The maximum Gasteiger partial charge on any atom is 0.261 e. The lowest BCUT2D eigenvalue weighted by Gasteiger charge is -2.21. The Morgan fingerprint density at radius 2 is 2.07 bits per heavy atom. The second kappa shape index (κ2) is 8.66. The summed E-state index contributed by atoms with van der Waals surface area (Å²) in [5, 5.41) is 7.32. The average Bonchev–Trinajstić information content (AvgIpc) is 3.21. The first kappa shape index (κ1) is 19.5. The van der Waals surface area contributed by atoms with Gasteiger partial charge in [-0.2, -0.15) is 4.98 Å². The molecule has 0 saturated heterocycles. The van der Waals surface area contributed by atoms with Crippen LogP contribution in [0.5, 0.6) is 5.75 Å². The lowest BCUT2D eigenvalue weighted by atomic mass is 9.91. The van der Waals surface area contributed by atoms with Crippen molar-refractivity contribution >= 4 is 17.5 Å².